The van der Waals surface area contributed by atoms with Crippen LogP contribution in [0.2, 0.25) is 0 Å². The van der Waals surface area contributed by atoms with Gasteiger partial charge in [0.15, 0.2) is 0 Å². The van der Waals surface area contributed by atoms with Crippen LogP contribution in [0.1, 0.15) is 0 Å². The van der Waals surface area contributed by atoms with Crippen LogP contribution in [0.4, 0.5) is 0 Å². The van der Waals surface area contributed by atoms with E-state index in [2.05, 4.69) is 0 Å². The molecule has 0 saturated heterocycles. The van der Waals surface area contributed by atoms with Gasteiger partial charge >= 0.3 is 16.8 Å². The molecule has 0 aliphatic heterocycles. The Labute approximate surface area is 99.8 Å². The maximum Gasteiger partial charge on any atom is 3.00 e. The van der Waals surface area contributed by atoms with Crippen molar-refractivity contribution in [2.24, 2.45) is 0 Å². The number of hydrogen-bond acceptors (Lipinski definition) is 0. The first-order valence-corrected chi connectivity index (χ1v) is 0.250. The summed E-state index contributed by atoms with van der Waals surface area (Å²) >= 11 is 0. The van der Waals surface area contributed by atoms with Gasteiger partial charge in [-0.05, 0) is 0 Å². The first-order chi connectivity index (χ1) is 1.00. The van der Waals surface area contributed by atoms with E-state index in [4.69, 9.17) is 10.5 Å². The average Bonchev–Trinajstić information content (AvgIpc) is 1.00. The predicted molar refractivity (Wildman–Crippen MR) is 54.8 cm³/mol. The first kappa shape index (κ1) is 867. The molecule has 0 bridgehead atoms. The van der Waals surface area contributed by atoms with Crippen LogP contribution < -0.4 is 0 Å². The number of hydrogen-bond donors (Lipinski definition) is 0. The van der Waals surface area contributed by atoms with Crippen molar-refractivity contribution >= 4 is 0 Å². The molecule has 0 aromatic carbocycles. The molecule has 0 aliphatic rings. The van der Waals surface area contributed by atoms with Crippen molar-refractivity contribution in [1.82, 2.24) is 0 Å². The molecule has 0 amide bonds. The van der Waals surface area contributed by atoms with Crippen LogP contribution in [0.15, 0.2) is 0 Å². The van der Waals surface area contributed by atoms with E-state index in [0.29, 0.717) is 0 Å². The van der Waals surface area contributed by atoms with Crippen LogP contribution in [-0.2, 0) is 33.6 Å². The molecular formula is H22Co2N9O2-4. The van der Waals surface area contributed by atoms with Crippen molar-refractivity contribution in [3.05, 3.63) is 55.4 Å². The molecule has 0 spiro atoms. The topological polar surface area (TPSA) is 347 Å². The zero-order valence-electron chi connectivity index (χ0n) is 6.86. The standard InChI is InChI=1S/2Co.9H2N.H4O2/c;;;;;;;;;;;1-2/h;;9*1H2;1-2H2/q;+3;9*-1;+2. The molecule has 0 aliphatic carbocycles. The maximum atomic E-state index is 5.00. The summed E-state index contributed by atoms with van der Waals surface area (Å²) in [7, 11) is 0. The molecule has 11 nitrogen and oxygen atoms in total. The molecule has 0 fully saturated rings. The molecule has 0 atom stereocenters. The van der Waals surface area contributed by atoms with E-state index in [0.717, 1.165) is 0 Å². The Bertz CT molecular complexity index is 15.6. The molecule has 0 aromatic rings. The van der Waals surface area contributed by atoms with E-state index in [-0.39, 0.29) is 88.9 Å². The van der Waals surface area contributed by atoms with Crippen molar-refractivity contribution in [3.8, 4) is 0 Å². The largest absolute Gasteiger partial charge is 3.00 e. The van der Waals surface area contributed by atoms with Crippen molar-refractivity contribution in [3.63, 3.8) is 0 Å². The number of nitrogens with two attached hydrogens (primary N) is 9. The Morgan fingerprint density at radius 2 is 0.385 bits per heavy atom. The van der Waals surface area contributed by atoms with Crippen molar-refractivity contribution in [2.45, 2.75) is 0 Å². The van der Waals surface area contributed by atoms with E-state index in [1.807, 2.05) is 0 Å². The van der Waals surface area contributed by atoms with E-state index >= 15 is 0 Å². The van der Waals surface area contributed by atoms with Gasteiger partial charge in [0.25, 0.3) is 0 Å². The first-order valence-electron chi connectivity index (χ1n) is 0.250. The fourth-order valence-corrected chi connectivity index (χ4v) is 0. The quantitative estimate of drug-likeness (QED) is 0.329. The van der Waals surface area contributed by atoms with Crippen LogP contribution in [0.25, 0.3) is 55.4 Å². The fourth-order valence-electron chi connectivity index (χ4n) is 0. The van der Waals surface area contributed by atoms with Gasteiger partial charge in [0, 0.05) is 16.8 Å². The summed E-state index contributed by atoms with van der Waals surface area (Å²) in [5, 5.41) is 10.0. The van der Waals surface area contributed by atoms with Crippen molar-refractivity contribution < 1.29 is 44.1 Å². The smallest absolute Gasteiger partial charge is 0.693 e. The summed E-state index contributed by atoms with van der Waals surface area (Å²) < 4.78 is 0. The average molecular weight is 298 g/mol. The normalized spacial score (nSPS) is 0.462. The summed E-state index contributed by atoms with van der Waals surface area (Å²) in [6.07, 6.45) is 0. The molecule has 13 heteroatoms. The van der Waals surface area contributed by atoms with Gasteiger partial charge in [0.2, 0.25) is 0 Å². The maximum absolute atomic E-state index is 5.00. The van der Waals surface area contributed by atoms with Gasteiger partial charge in [0.05, 0.1) is 0 Å². The molecule has 101 valence electrons. The zero-order chi connectivity index (χ0) is 2.00. The minimum Gasteiger partial charge on any atom is -0.693 e. The summed E-state index contributed by atoms with van der Waals surface area (Å²) in [5.74, 6) is 0. The minimum atomic E-state index is 0. The summed E-state index contributed by atoms with van der Waals surface area (Å²) in [6.45, 7) is 0. The molecular weight excluding hydrogens is 276 g/mol. The van der Waals surface area contributed by atoms with Gasteiger partial charge in [-0.3, -0.25) is 0 Å². The molecule has 0 rings (SSSR count). The van der Waals surface area contributed by atoms with Gasteiger partial charge < -0.3 is 55.4 Å². The van der Waals surface area contributed by atoms with Crippen LogP contribution >= 0.6 is 0 Å². The molecule has 0 unspecified atom stereocenters. The summed E-state index contributed by atoms with van der Waals surface area (Å²) in [4.78, 5) is 0. The second-order valence-corrected chi connectivity index (χ2v) is 0. The van der Waals surface area contributed by atoms with Crippen LogP contribution in [-0.4, -0.2) is 10.5 Å². The zero-order valence-corrected chi connectivity index (χ0v) is 8.94. The van der Waals surface area contributed by atoms with Crippen LogP contribution in [0.3, 0.4) is 0 Å². The molecule has 0 saturated carbocycles. The molecule has 0 heterocycles. The third kappa shape index (κ3) is 4280. The minimum absolute atomic E-state index is 0. The predicted octanol–water partition coefficient (Wildman–Crippen LogP) is 4.80. The monoisotopic (exact) mass is 298 g/mol. The Morgan fingerprint density at radius 3 is 0.385 bits per heavy atom. The van der Waals surface area contributed by atoms with Gasteiger partial charge in [-0.25, -0.2) is 0 Å². The molecule has 0 aromatic heterocycles. The second-order valence-electron chi connectivity index (χ2n) is 0. The number of rotatable bonds is 0. The van der Waals surface area contributed by atoms with E-state index in [1.165, 1.54) is 0 Å². The van der Waals surface area contributed by atoms with E-state index in [1.54, 1.807) is 0 Å². The fraction of sp³-hybridized carbons (Fsp3) is 0. The van der Waals surface area contributed by atoms with E-state index in [9.17, 15) is 0 Å². The van der Waals surface area contributed by atoms with Gasteiger partial charge in [-0.15, -0.1) is 0 Å². The Morgan fingerprint density at radius 1 is 0.385 bits per heavy atom. The summed E-state index contributed by atoms with van der Waals surface area (Å²) in [5.41, 5.74) is 0. The Balaban J connectivity index is -0.0000000000909. The van der Waals surface area contributed by atoms with Gasteiger partial charge in [-0.2, -0.15) is 10.5 Å². The Hall–Kier alpha value is 0.573. The van der Waals surface area contributed by atoms with E-state index < -0.39 is 0 Å². The SMILES string of the molecule is [Co+3].[Co].[NH2-].[NH2-].[NH2-].[NH2-].[NH2-].[NH2-].[NH2-].[NH2-].[NH2-].[OH2+][OH2+]. The molecule has 13 heavy (non-hydrogen) atoms. The third-order valence-corrected chi connectivity index (χ3v) is 0. The van der Waals surface area contributed by atoms with Gasteiger partial charge in [0.1, 0.15) is 0 Å². The molecule has 1 radical (unpaired) electrons. The Kier molecular flexibility index (Phi) is 342000. The van der Waals surface area contributed by atoms with Gasteiger partial charge in [-0.1, -0.05) is 0 Å². The third-order valence-electron chi connectivity index (χ3n) is 0. The van der Waals surface area contributed by atoms with Crippen LogP contribution in [0.5, 0.6) is 0 Å². The molecule has 22 N–H and O–H groups in total. The van der Waals surface area contributed by atoms with Crippen LogP contribution in [0, 0.1) is 0 Å². The van der Waals surface area contributed by atoms with Crippen molar-refractivity contribution in [1.29, 1.82) is 0 Å². The van der Waals surface area contributed by atoms with Crippen molar-refractivity contribution in [2.75, 3.05) is 0 Å². The summed E-state index contributed by atoms with van der Waals surface area (Å²) in [6, 6.07) is 0. The second kappa shape index (κ2) is 5130.